The van der Waals surface area contributed by atoms with E-state index < -0.39 is 36.2 Å². The van der Waals surface area contributed by atoms with Gasteiger partial charge in [-0.3, -0.25) is 4.79 Å². The van der Waals surface area contributed by atoms with Crippen LogP contribution in [0.5, 0.6) is 11.5 Å². The molecule has 0 spiro atoms. The van der Waals surface area contributed by atoms with Gasteiger partial charge in [0.25, 0.3) is 0 Å². The fourth-order valence-electron chi connectivity index (χ4n) is 3.97. The Balaban J connectivity index is 2.08. The van der Waals surface area contributed by atoms with Crippen molar-refractivity contribution in [3.63, 3.8) is 0 Å². The van der Waals surface area contributed by atoms with E-state index in [9.17, 15) is 9.59 Å². The molecule has 1 aromatic carbocycles. The number of cyclic esters (lactones) is 1. The van der Waals surface area contributed by atoms with Gasteiger partial charge in [-0.25, -0.2) is 4.79 Å². The standard InChI is InChI=1S/C26H34O10/c1-16-20(32-14-29-4)11-10-19(27)24-21(35-26(2,3)36-24)9-7-8-17-12-18(31-6)13-22(33-15-30-5)23(17)25(28)34-16/h7-8,10-13,16,20-21,24H,9,14-15H2,1-6H3/b8-7?,11-10-/t16-,20+,21-,24+/m0/s1. The largest absolute Gasteiger partial charge is 0.497 e. The van der Waals surface area contributed by atoms with Crippen molar-refractivity contribution in [3.8, 4) is 11.5 Å². The molecule has 0 radical (unpaired) electrons. The molecule has 0 unspecified atom stereocenters. The fraction of sp³-hybridized carbons (Fsp3) is 0.538. The second-order valence-corrected chi connectivity index (χ2v) is 8.78. The van der Waals surface area contributed by atoms with Crippen LogP contribution in [0.1, 0.15) is 43.1 Å². The highest BCUT2D eigenvalue weighted by atomic mass is 16.8. The molecule has 0 aliphatic carbocycles. The van der Waals surface area contributed by atoms with Crippen LogP contribution in [0.2, 0.25) is 0 Å². The van der Waals surface area contributed by atoms with Crippen molar-refractivity contribution >= 4 is 17.8 Å². The Morgan fingerprint density at radius 1 is 1.03 bits per heavy atom. The highest BCUT2D eigenvalue weighted by molar-refractivity contribution is 5.97. The summed E-state index contributed by atoms with van der Waals surface area (Å²) >= 11 is 0. The lowest BCUT2D eigenvalue weighted by Crippen LogP contribution is -2.33. The maximum atomic E-state index is 13.4. The van der Waals surface area contributed by atoms with Crippen LogP contribution < -0.4 is 9.47 Å². The third-order valence-corrected chi connectivity index (χ3v) is 5.59. The molecule has 0 saturated carbocycles. The number of hydrogen-bond donors (Lipinski definition) is 0. The van der Waals surface area contributed by atoms with Gasteiger partial charge in [-0.1, -0.05) is 12.2 Å². The zero-order chi connectivity index (χ0) is 26.3. The zero-order valence-corrected chi connectivity index (χ0v) is 21.5. The number of carbonyl (C=O) groups is 2. The molecule has 10 nitrogen and oxygen atoms in total. The number of carbonyl (C=O) groups excluding carboxylic acids is 2. The van der Waals surface area contributed by atoms with E-state index in [0.717, 1.165) is 0 Å². The summed E-state index contributed by atoms with van der Waals surface area (Å²) in [6.07, 6.45) is 3.92. The minimum atomic E-state index is -0.929. The lowest BCUT2D eigenvalue weighted by molar-refractivity contribution is -0.152. The molecule has 4 atom stereocenters. The van der Waals surface area contributed by atoms with Gasteiger partial charge >= 0.3 is 5.97 Å². The third-order valence-electron chi connectivity index (χ3n) is 5.59. The average Bonchev–Trinajstić information content (AvgIpc) is 3.15. The van der Waals surface area contributed by atoms with E-state index in [2.05, 4.69) is 0 Å². The Bertz CT molecular complexity index is 983. The number of hydrogen-bond acceptors (Lipinski definition) is 10. The van der Waals surface area contributed by atoms with Gasteiger partial charge in [-0.15, -0.1) is 0 Å². The quantitative estimate of drug-likeness (QED) is 0.404. The van der Waals surface area contributed by atoms with Crippen LogP contribution in [-0.4, -0.2) is 76.9 Å². The van der Waals surface area contributed by atoms with Crippen LogP contribution in [0.15, 0.2) is 30.4 Å². The number of methoxy groups -OCH3 is 3. The predicted molar refractivity (Wildman–Crippen MR) is 129 cm³/mol. The second-order valence-electron chi connectivity index (χ2n) is 8.78. The maximum Gasteiger partial charge on any atom is 0.342 e. The van der Waals surface area contributed by atoms with E-state index in [0.29, 0.717) is 17.7 Å². The SMILES string of the molecule is COCOc1cc(OC)cc2c1C(=O)O[C@@H](C)[C@H](OCOC)/C=C\C(=O)[C@H]1OC(C)(C)O[C@H]1CC=C2. The first-order valence-corrected chi connectivity index (χ1v) is 11.6. The number of benzene rings is 1. The van der Waals surface area contributed by atoms with Crippen LogP contribution in [0, 0.1) is 0 Å². The van der Waals surface area contributed by atoms with Crippen molar-refractivity contribution in [1.82, 2.24) is 0 Å². The summed E-state index contributed by atoms with van der Waals surface area (Å²) in [7, 11) is 4.47. The van der Waals surface area contributed by atoms with Crippen molar-refractivity contribution in [2.45, 2.75) is 57.4 Å². The van der Waals surface area contributed by atoms with Gasteiger partial charge in [0.15, 0.2) is 18.4 Å². The molecule has 0 bridgehead atoms. The molecule has 1 fully saturated rings. The molecular weight excluding hydrogens is 472 g/mol. The van der Waals surface area contributed by atoms with Crippen LogP contribution in [0.3, 0.4) is 0 Å². The Kier molecular flexibility index (Phi) is 9.63. The summed E-state index contributed by atoms with van der Waals surface area (Å²) in [4.78, 5) is 26.4. The normalized spacial score (nSPS) is 26.9. The van der Waals surface area contributed by atoms with Crippen molar-refractivity contribution in [2.75, 3.05) is 34.9 Å². The molecule has 1 saturated heterocycles. The first-order chi connectivity index (χ1) is 17.2. The van der Waals surface area contributed by atoms with Gasteiger partial charge in [0.2, 0.25) is 0 Å². The Hall–Kier alpha value is -2.76. The second kappa shape index (κ2) is 12.5. The molecule has 1 aromatic rings. The van der Waals surface area contributed by atoms with Crippen LogP contribution in [0.4, 0.5) is 0 Å². The van der Waals surface area contributed by atoms with Crippen molar-refractivity contribution in [3.05, 3.63) is 41.5 Å². The minimum Gasteiger partial charge on any atom is -0.497 e. The summed E-state index contributed by atoms with van der Waals surface area (Å²) in [5.41, 5.74) is 0.694. The number of esters is 1. The van der Waals surface area contributed by atoms with E-state index in [1.54, 1.807) is 39.0 Å². The first-order valence-electron chi connectivity index (χ1n) is 11.6. The van der Waals surface area contributed by atoms with Gasteiger partial charge in [0.05, 0.1) is 13.2 Å². The molecule has 2 aliphatic rings. The predicted octanol–water partition coefficient (Wildman–Crippen LogP) is 3.27. The molecular formula is C26H34O10. The van der Waals surface area contributed by atoms with Crippen molar-refractivity contribution in [1.29, 1.82) is 0 Å². The van der Waals surface area contributed by atoms with E-state index in [1.807, 2.05) is 6.08 Å². The van der Waals surface area contributed by atoms with Crippen molar-refractivity contribution < 1.29 is 47.5 Å². The summed E-state index contributed by atoms with van der Waals surface area (Å²) in [6, 6.07) is 3.28. The monoisotopic (exact) mass is 506 g/mol. The van der Waals surface area contributed by atoms with Crippen LogP contribution >= 0.6 is 0 Å². The summed E-state index contributed by atoms with van der Waals surface area (Å²) in [5.74, 6) is -1.14. The average molecular weight is 507 g/mol. The van der Waals surface area contributed by atoms with Gasteiger partial charge in [-0.05, 0) is 51.0 Å². The van der Waals surface area contributed by atoms with Gasteiger partial charge < -0.3 is 37.9 Å². The molecule has 2 aliphatic heterocycles. The minimum absolute atomic E-state index is 0.0670. The Labute approximate surface area is 211 Å². The lowest BCUT2D eigenvalue weighted by Gasteiger charge is -2.23. The van der Waals surface area contributed by atoms with Crippen molar-refractivity contribution in [2.24, 2.45) is 0 Å². The summed E-state index contributed by atoms with van der Waals surface area (Å²) < 4.78 is 44.4. The number of ether oxygens (including phenoxy) is 8. The maximum absolute atomic E-state index is 13.4. The lowest BCUT2D eigenvalue weighted by atomic mass is 10.0. The number of rotatable bonds is 7. The highest BCUT2D eigenvalue weighted by Crippen LogP contribution is 2.34. The van der Waals surface area contributed by atoms with Gasteiger partial charge in [0, 0.05) is 20.3 Å². The van der Waals surface area contributed by atoms with Gasteiger partial charge in [-0.2, -0.15) is 0 Å². The first kappa shape index (κ1) is 27.8. The Morgan fingerprint density at radius 2 is 1.78 bits per heavy atom. The van der Waals surface area contributed by atoms with Crippen LogP contribution in [-0.2, 0) is 33.2 Å². The third kappa shape index (κ3) is 6.92. The zero-order valence-electron chi connectivity index (χ0n) is 21.5. The molecule has 10 heteroatoms. The molecule has 3 rings (SSSR count). The van der Waals surface area contributed by atoms with E-state index in [4.69, 9.17) is 37.9 Å². The molecule has 198 valence electrons. The molecule has 2 heterocycles. The topological polar surface area (TPSA) is 108 Å². The highest BCUT2D eigenvalue weighted by Gasteiger charge is 2.43. The number of ketones is 1. The molecule has 0 amide bonds. The Morgan fingerprint density at radius 3 is 2.47 bits per heavy atom. The molecule has 36 heavy (non-hydrogen) atoms. The van der Waals surface area contributed by atoms with Crippen LogP contribution in [0.25, 0.3) is 6.08 Å². The molecule has 0 aromatic heterocycles. The summed E-state index contributed by atoms with van der Waals surface area (Å²) in [6.45, 7) is 5.03. The van der Waals surface area contributed by atoms with Gasteiger partial charge in [0.1, 0.15) is 42.2 Å². The number of fused-ring (bicyclic) bond motifs is 2. The molecule has 0 N–H and O–H groups in total. The summed E-state index contributed by atoms with van der Waals surface area (Å²) in [5, 5.41) is 0. The van der Waals surface area contributed by atoms with E-state index >= 15 is 0 Å². The fourth-order valence-corrected chi connectivity index (χ4v) is 3.97. The van der Waals surface area contributed by atoms with E-state index in [-0.39, 0.29) is 30.7 Å². The smallest absolute Gasteiger partial charge is 0.342 e. The van der Waals surface area contributed by atoms with E-state index in [1.165, 1.54) is 33.5 Å².